The topological polar surface area (TPSA) is 20.2 Å². The maximum Gasteiger partial charge on any atom is 0.460 e. The molecular weight excluding hydrogens is 297 g/mol. The van der Waals surface area contributed by atoms with Crippen molar-refractivity contribution >= 4 is 0 Å². The minimum Gasteiger partial charge on any atom is -0.330 e. The lowest BCUT2D eigenvalue weighted by atomic mass is 10.1. The Kier molecular flexibility index (Phi) is 3.99. The highest BCUT2D eigenvalue weighted by atomic mass is 19.4. The minimum atomic E-state index is -7.15. The Morgan fingerprint density at radius 1 is 0.667 bits per heavy atom. The zero-order valence-electron chi connectivity index (χ0n) is 7.60. The van der Waals surface area contributed by atoms with E-state index in [2.05, 4.69) is 0 Å². The van der Waals surface area contributed by atoms with E-state index in [0.29, 0.717) is 0 Å². The molecular formula is C6HF11O. The lowest BCUT2D eigenvalue weighted by Crippen LogP contribution is -2.52. The Morgan fingerprint density at radius 2 is 1.00 bits per heavy atom. The van der Waals surface area contributed by atoms with Gasteiger partial charge >= 0.3 is 24.1 Å². The first kappa shape index (κ1) is 16.9. The first-order chi connectivity index (χ1) is 7.57. The van der Waals surface area contributed by atoms with Gasteiger partial charge in [0.05, 0.1) is 0 Å². The molecule has 0 rings (SSSR count). The van der Waals surface area contributed by atoms with Crippen LogP contribution in [0.1, 0.15) is 0 Å². The van der Waals surface area contributed by atoms with Gasteiger partial charge in [0.1, 0.15) is 0 Å². The molecule has 12 heteroatoms. The van der Waals surface area contributed by atoms with Crippen LogP contribution in [0.5, 0.6) is 0 Å². The normalized spacial score (nSPS) is 16.7. The Bertz CT molecular complexity index is 346. The monoisotopic (exact) mass is 298 g/mol. The second kappa shape index (κ2) is 4.24. The fourth-order valence-electron chi connectivity index (χ4n) is 0.586. The van der Waals surface area contributed by atoms with Gasteiger partial charge in [-0.05, 0) is 0 Å². The summed E-state index contributed by atoms with van der Waals surface area (Å²) in [5.74, 6) is -22.7. The molecule has 0 unspecified atom stereocenters. The molecule has 1 nitrogen and oxygen atoms in total. The van der Waals surface area contributed by atoms with Crippen LogP contribution < -0.4 is 0 Å². The standard InChI is InChI=1S/C6HF11O/c7-1(2(8)4(11,12)18)3(9,10)5(13,14)6(15,16)17/h18H. The Hall–Kier alpha value is -1.07. The first-order valence-electron chi connectivity index (χ1n) is 3.55. The summed E-state index contributed by atoms with van der Waals surface area (Å²) in [6, 6.07) is 0. The lowest BCUT2D eigenvalue weighted by Gasteiger charge is -2.27. The Balaban J connectivity index is 5.83. The van der Waals surface area contributed by atoms with E-state index in [4.69, 9.17) is 5.11 Å². The molecule has 1 N–H and O–H groups in total. The highest BCUT2D eigenvalue weighted by molar-refractivity contribution is 5.18. The summed E-state index contributed by atoms with van der Waals surface area (Å²) >= 11 is 0. The summed E-state index contributed by atoms with van der Waals surface area (Å²) in [4.78, 5) is 0. The van der Waals surface area contributed by atoms with Crippen LogP contribution in [-0.4, -0.2) is 29.2 Å². The van der Waals surface area contributed by atoms with Gasteiger partial charge in [-0.25, -0.2) is 4.39 Å². The number of hydrogen-bond donors (Lipinski definition) is 1. The van der Waals surface area contributed by atoms with Crippen molar-refractivity contribution in [3.05, 3.63) is 11.7 Å². The predicted molar refractivity (Wildman–Crippen MR) is 32.4 cm³/mol. The zero-order valence-corrected chi connectivity index (χ0v) is 7.60. The molecule has 0 aromatic heterocycles. The van der Waals surface area contributed by atoms with Crippen LogP contribution in [0.2, 0.25) is 0 Å². The van der Waals surface area contributed by atoms with Crippen molar-refractivity contribution in [1.82, 2.24) is 0 Å². The van der Waals surface area contributed by atoms with E-state index in [0.717, 1.165) is 0 Å². The molecule has 0 aromatic rings. The average molecular weight is 298 g/mol. The molecule has 0 radical (unpaired) electrons. The zero-order chi connectivity index (χ0) is 15.2. The Labute approximate surface area is 90.5 Å². The van der Waals surface area contributed by atoms with E-state index >= 15 is 0 Å². The van der Waals surface area contributed by atoms with Crippen LogP contribution in [0.4, 0.5) is 48.3 Å². The predicted octanol–water partition coefficient (Wildman–Crippen LogP) is 3.55. The van der Waals surface area contributed by atoms with Crippen LogP contribution in [0.25, 0.3) is 0 Å². The molecule has 0 aliphatic carbocycles. The van der Waals surface area contributed by atoms with Gasteiger partial charge in [-0.2, -0.15) is 43.9 Å². The summed E-state index contributed by atoms with van der Waals surface area (Å²) in [5, 5.41) is 7.42. The number of hydrogen-bond acceptors (Lipinski definition) is 1. The summed E-state index contributed by atoms with van der Waals surface area (Å²) < 4.78 is 131. The van der Waals surface area contributed by atoms with E-state index in [9.17, 15) is 48.3 Å². The molecule has 0 atom stereocenters. The van der Waals surface area contributed by atoms with Gasteiger partial charge in [0.2, 0.25) is 11.7 Å². The minimum absolute atomic E-state index is 4.14. The molecule has 0 fully saturated rings. The Morgan fingerprint density at radius 3 is 1.22 bits per heavy atom. The highest BCUT2D eigenvalue weighted by Crippen LogP contribution is 2.51. The van der Waals surface area contributed by atoms with Gasteiger partial charge in [-0.3, -0.25) is 0 Å². The smallest absolute Gasteiger partial charge is 0.330 e. The molecule has 0 saturated carbocycles. The second-order valence-electron chi connectivity index (χ2n) is 2.82. The molecule has 0 heterocycles. The van der Waals surface area contributed by atoms with E-state index in [1.54, 1.807) is 0 Å². The lowest BCUT2D eigenvalue weighted by molar-refractivity contribution is -0.348. The van der Waals surface area contributed by atoms with Crippen molar-refractivity contribution in [2.75, 3.05) is 0 Å². The summed E-state index contributed by atoms with van der Waals surface area (Å²) in [6.45, 7) is 0. The van der Waals surface area contributed by atoms with Gasteiger partial charge in [-0.15, -0.1) is 0 Å². The van der Waals surface area contributed by atoms with Gasteiger partial charge in [-0.1, -0.05) is 0 Å². The maximum atomic E-state index is 12.3. The quantitative estimate of drug-likeness (QED) is 0.790. The van der Waals surface area contributed by atoms with E-state index in [-0.39, 0.29) is 0 Å². The third kappa shape index (κ3) is 2.67. The molecule has 0 bridgehead atoms. The van der Waals surface area contributed by atoms with Crippen LogP contribution in [-0.2, 0) is 0 Å². The van der Waals surface area contributed by atoms with Crippen LogP contribution >= 0.6 is 0 Å². The van der Waals surface area contributed by atoms with Gasteiger partial charge in [0, 0.05) is 0 Å². The van der Waals surface area contributed by atoms with Gasteiger partial charge in [0.15, 0.2) is 0 Å². The SMILES string of the molecule is OC(F)(F)C(F)=C(F)C(F)(F)C(F)(F)C(F)(F)F. The molecule has 0 aromatic carbocycles. The van der Waals surface area contributed by atoms with E-state index in [1.165, 1.54) is 0 Å². The largest absolute Gasteiger partial charge is 0.460 e. The van der Waals surface area contributed by atoms with Crippen LogP contribution in [0.3, 0.4) is 0 Å². The summed E-state index contributed by atoms with van der Waals surface area (Å²) in [5.41, 5.74) is 0. The van der Waals surface area contributed by atoms with E-state index < -0.39 is 35.8 Å². The fraction of sp³-hybridized carbons (Fsp3) is 0.667. The average Bonchev–Trinajstić information content (AvgIpc) is 2.11. The van der Waals surface area contributed by atoms with Gasteiger partial charge < -0.3 is 5.11 Å². The van der Waals surface area contributed by atoms with Crippen molar-refractivity contribution in [3.63, 3.8) is 0 Å². The molecule has 18 heavy (non-hydrogen) atoms. The fourth-order valence-corrected chi connectivity index (χ4v) is 0.586. The number of aliphatic hydroxyl groups is 1. The number of rotatable bonds is 3. The third-order valence-corrected chi connectivity index (χ3v) is 1.48. The third-order valence-electron chi connectivity index (χ3n) is 1.48. The van der Waals surface area contributed by atoms with Crippen molar-refractivity contribution in [2.45, 2.75) is 24.1 Å². The van der Waals surface area contributed by atoms with Crippen molar-refractivity contribution < 1.29 is 53.4 Å². The van der Waals surface area contributed by atoms with E-state index in [1.807, 2.05) is 0 Å². The van der Waals surface area contributed by atoms with Gasteiger partial charge in [0.25, 0.3) is 0 Å². The van der Waals surface area contributed by atoms with Crippen molar-refractivity contribution in [3.8, 4) is 0 Å². The molecule has 0 spiro atoms. The summed E-state index contributed by atoms with van der Waals surface area (Å²) in [6.07, 6.45) is -13.0. The molecule has 0 amide bonds. The molecule has 0 aliphatic rings. The van der Waals surface area contributed by atoms with Crippen molar-refractivity contribution in [1.29, 1.82) is 0 Å². The number of alkyl halides is 9. The first-order valence-corrected chi connectivity index (χ1v) is 3.55. The summed E-state index contributed by atoms with van der Waals surface area (Å²) in [7, 11) is 0. The molecule has 108 valence electrons. The second-order valence-corrected chi connectivity index (χ2v) is 2.82. The van der Waals surface area contributed by atoms with Crippen molar-refractivity contribution in [2.24, 2.45) is 0 Å². The number of allylic oxidation sites excluding steroid dienone is 1. The molecule has 0 aliphatic heterocycles. The van der Waals surface area contributed by atoms with Crippen LogP contribution in [0, 0.1) is 0 Å². The molecule has 0 saturated heterocycles. The highest BCUT2D eigenvalue weighted by Gasteiger charge is 2.76. The van der Waals surface area contributed by atoms with Crippen LogP contribution in [0.15, 0.2) is 11.7 Å². The maximum absolute atomic E-state index is 12.3. The number of halogens is 11.